The fourth-order valence-electron chi connectivity index (χ4n) is 6.16. The summed E-state index contributed by atoms with van der Waals surface area (Å²) in [5.41, 5.74) is 5.88. The molecule has 0 atom stereocenters. The van der Waals surface area contributed by atoms with Crippen molar-refractivity contribution in [2.45, 2.75) is 98.0 Å². The van der Waals surface area contributed by atoms with Gasteiger partial charge in [-0.1, -0.05) is 0 Å². The first kappa shape index (κ1) is 42.9. The van der Waals surface area contributed by atoms with Gasteiger partial charge in [0.1, 0.15) is 11.3 Å². The molecule has 0 spiro atoms. The van der Waals surface area contributed by atoms with Gasteiger partial charge in [-0.25, -0.2) is 4.79 Å². The summed E-state index contributed by atoms with van der Waals surface area (Å²) in [5, 5.41) is 0. The number of carbonyl (C=O) groups is 6. The summed E-state index contributed by atoms with van der Waals surface area (Å²) < 4.78 is 30.3. The Labute approximate surface area is 314 Å². The highest BCUT2D eigenvalue weighted by molar-refractivity contribution is 6.08. The Hall–Kier alpha value is -5.47. The zero-order valence-electron chi connectivity index (χ0n) is 32.8. The van der Waals surface area contributed by atoms with Crippen LogP contribution < -0.4 is 0 Å². The summed E-state index contributed by atoms with van der Waals surface area (Å²) in [6.45, 7) is 8.88. The number of H-pyrrole nitrogens is 2. The zero-order chi connectivity index (χ0) is 40.3. The number of hydrogen-bond donors (Lipinski definition) is 2. The number of aliphatic imine (C=N–C) groups is 1. The highest BCUT2D eigenvalue weighted by Crippen LogP contribution is 2.36. The summed E-state index contributed by atoms with van der Waals surface area (Å²) in [6.07, 6.45) is 2.28. The summed E-state index contributed by atoms with van der Waals surface area (Å²) in [5.74, 6) is -2.96. The number of aromatic amines is 2. The Morgan fingerprint density at radius 1 is 0.648 bits per heavy atom. The molecule has 0 radical (unpaired) electrons. The molecule has 3 rings (SSSR count). The Morgan fingerprint density at radius 3 is 1.70 bits per heavy atom. The maximum absolute atomic E-state index is 13.4. The van der Waals surface area contributed by atoms with E-state index in [1.807, 2.05) is 6.92 Å². The van der Waals surface area contributed by atoms with Gasteiger partial charge in [0.05, 0.1) is 59.8 Å². The molecule has 1 aliphatic heterocycles. The molecule has 0 aliphatic carbocycles. The van der Waals surface area contributed by atoms with E-state index in [1.165, 1.54) is 35.5 Å². The quantitative estimate of drug-likeness (QED) is 0.167. The molecule has 0 bridgehead atoms. The number of carbonyl (C=O) groups excluding carboxylic acids is 6. The lowest BCUT2D eigenvalue weighted by molar-refractivity contribution is -0.141. The normalized spacial score (nSPS) is 13.4. The molecule has 0 fully saturated rings. The third-order valence-electron chi connectivity index (χ3n) is 8.97. The molecule has 0 unspecified atom stereocenters. The Kier molecular flexibility index (Phi) is 15.1. The standard InChI is InChI=1S/C39H51N3O12/c1-21-23(11-14-32(43)49-6)37(38(48)54-39(3,4)5)42-28(21)19-30-25(13-16-34(45)51-8)27(18-36(47)53-10)31(41-30)20-29-24(12-15-33(44)50-7)26(22(2)40-29)17-35(46)52-9/h20,40,42H,11-19H2,1-10H3. The molecule has 0 aromatic carbocycles. The number of nitrogens with one attached hydrogen (secondary N) is 2. The summed E-state index contributed by atoms with van der Waals surface area (Å²) >= 11 is 0. The maximum atomic E-state index is 13.4. The first-order chi connectivity index (χ1) is 25.5. The van der Waals surface area contributed by atoms with E-state index in [0.29, 0.717) is 61.9 Å². The molecule has 2 aromatic heterocycles. The van der Waals surface area contributed by atoms with Gasteiger partial charge in [-0.15, -0.1) is 0 Å². The summed E-state index contributed by atoms with van der Waals surface area (Å²) in [4.78, 5) is 86.9. The van der Waals surface area contributed by atoms with Crippen LogP contribution in [0, 0.1) is 13.8 Å². The largest absolute Gasteiger partial charge is 0.469 e. The predicted octanol–water partition coefficient (Wildman–Crippen LogP) is 4.69. The number of aromatic nitrogens is 2. The molecule has 294 valence electrons. The summed E-state index contributed by atoms with van der Waals surface area (Å²) in [6, 6.07) is 0. The van der Waals surface area contributed by atoms with Crippen LogP contribution in [0.15, 0.2) is 21.8 Å². The van der Waals surface area contributed by atoms with Gasteiger partial charge >= 0.3 is 35.8 Å². The first-order valence-electron chi connectivity index (χ1n) is 17.5. The van der Waals surface area contributed by atoms with E-state index in [4.69, 9.17) is 33.4 Å². The minimum atomic E-state index is -0.791. The molecular formula is C39H51N3O12. The number of esters is 6. The molecular weight excluding hydrogens is 702 g/mol. The molecule has 0 saturated carbocycles. The third-order valence-corrected chi connectivity index (χ3v) is 8.97. The van der Waals surface area contributed by atoms with Gasteiger partial charge in [0.2, 0.25) is 0 Å². The van der Waals surface area contributed by atoms with Crippen LogP contribution in [0.1, 0.15) is 103 Å². The fraction of sp³-hybridized carbons (Fsp3) is 0.513. The van der Waals surface area contributed by atoms with Crippen molar-refractivity contribution in [3.05, 3.63) is 61.9 Å². The second-order valence-electron chi connectivity index (χ2n) is 13.7. The smallest absolute Gasteiger partial charge is 0.355 e. The lowest BCUT2D eigenvalue weighted by Gasteiger charge is -2.19. The number of hydrogen-bond acceptors (Lipinski definition) is 13. The van der Waals surface area contributed by atoms with Gasteiger partial charge in [0.25, 0.3) is 0 Å². The van der Waals surface area contributed by atoms with Crippen LogP contribution in [0.5, 0.6) is 0 Å². The fourth-order valence-corrected chi connectivity index (χ4v) is 6.16. The van der Waals surface area contributed by atoms with E-state index >= 15 is 0 Å². The molecule has 15 heteroatoms. The van der Waals surface area contributed by atoms with Gasteiger partial charge in [-0.05, 0) is 93.4 Å². The highest BCUT2D eigenvalue weighted by Gasteiger charge is 2.31. The van der Waals surface area contributed by atoms with Gasteiger partial charge in [-0.3, -0.25) is 29.0 Å². The molecule has 15 nitrogen and oxygen atoms in total. The zero-order valence-corrected chi connectivity index (χ0v) is 32.8. The van der Waals surface area contributed by atoms with E-state index in [9.17, 15) is 28.8 Å². The molecule has 0 amide bonds. The van der Waals surface area contributed by atoms with Gasteiger partial charge in [-0.2, -0.15) is 0 Å². The molecule has 3 heterocycles. The van der Waals surface area contributed by atoms with Crippen LogP contribution in [-0.4, -0.2) is 92.6 Å². The van der Waals surface area contributed by atoms with Crippen molar-refractivity contribution in [1.29, 1.82) is 0 Å². The number of ether oxygens (including phenoxy) is 6. The van der Waals surface area contributed by atoms with E-state index in [2.05, 4.69) is 9.97 Å². The topological polar surface area (TPSA) is 202 Å². The van der Waals surface area contributed by atoms with E-state index in [0.717, 1.165) is 0 Å². The van der Waals surface area contributed by atoms with Gasteiger partial charge in [0, 0.05) is 42.8 Å². The second kappa shape index (κ2) is 19.0. The maximum Gasteiger partial charge on any atom is 0.355 e. The van der Waals surface area contributed by atoms with Crippen molar-refractivity contribution in [3.8, 4) is 0 Å². The van der Waals surface area contributed by atoms with Crippen molar-refractivity contribution < 1.29 is 57.2 Å². The van der Waals surface area contributed by atoms with Crippen LogP contribution >= 0.6 is 0 Å². The van der Waals surface area contributed by atoms with Crippen LogP contribution in [0.2, 0.25) is 0 Å². The summed E-state index contributed by atoms with van der Waals surface area (Å²) in [7, 11) is 6.43. The lowest BCUT2D eigenvalue weighted by Crippen LogP contribution is -2.25. The number of methoxy groups -OCH3 is 5. The van der Waals surface area contributed by atoms with Crippen LogP contribution in [0.25, 0.3) is 6.08 Å². The Morgan fingerprint density at radius 2 is 1.17 bits per heavy atom. The van der Waals surface area contributed by atoms with E-state index in [-0.39, 0.29) is 63.5 Å². The van der Waals surface area contributed by atoms with Crippen LogP contribution in [0.4, 0.5) is 0 Å². The first-order valence-corrected chi connectivity index (χ1v) is 17.5. The van der Waals surface area contributed by atoms with Crippen molar-refractivity contribution >= 4 is 47.6 Å². The minimum Gasteiger partial charge on any atom is -0.469 e. The minimum absolute atomic E-state index is 0.0185. The molecule has 0 saturated heterocycles. The third kappa shape index (κ3) is 11.3. The second-order valence-corrected chi connectivity index (χ2v) is 13.7. The van der Waals surface area contributed by atoms with E-state index in [1.54, 1.807) is 33.8 Å². The van der Waals surface area contributed by atoms with Crippen molar-refractivity contribution in [2.75, 3.05) is 35.5 Å². The Balaban J connectivity index is 2.27. The Bertz CT molecular complexity index is 1870. The van der Waals surface area contributed by atoms with Gasteiger partial charge in [0.15, 0.2) is 0 Å². The highest BCUT2D eigenvalue weighted by atomic mass is 16.6. The molecule has 1 aliphatic rings. The SMILES string of the molecule is COC(=O)CCC1=C(CC(=O)OC)C(=Cc2[nH]c(C)c(CC(=O)OC)c2CCC(=O)OC)N=C1Cc1[nH]c(C(=O)OC(C)(C)C)c(CCC(=O)OC)c1C. The monoisotopic (exact) mass is 753 g/mol. The molecule has 2 aromatic rings. The van der Waals surface area contributed by atoms with Crippen molar-refractivity contribution in [3.63, 3.8) is 0 Å². The number of rotatable bonds is 17. The number of aryl methyl sites for hydroxylation is 1. The van der Waals surface area contributed by atoms with Crippen molar-refractivity contribution in [2.24, 2.45) is 4.99 Å². The average Bonchev–Trinajstić information content (AvgIpc) is 3.72. The van der Waals surface area contributed by atoms with Crippen LogP contribution in [0.3, 0.4) is 0 Å². The van der Waals surface area contributed by atoms with Crippen molar-refractivity contribution in [1.82, 2.24) is 9.97 Å². The number of nitrogens with zero attached hydrogens (tertiary/aromatic N) is 1. The number of allylic oxidation sites excluding steroid dienone is 2. The van der Waals surface area contributed by atoms with Gasteiger partial charge < -0.3 is 38.4 Å². The van der Waals surface area contributed by atoms with E-state index < -0.39 is 41.4 Å². The molecule has 2 N–H and O–H groups in total. The lowest BCUT2D eigenvalue weighted by atomic mass is 9.93. The molecule has 54 heavy (non-hydrogen) atoms. The average molecular weight is 754 g/mol. The van der Waals surface area contributed by atoms with Crippen LogP contribution in [-0.2, 0) is 78.1 Å². The predicted molar refractivity (Wildman–Crippen MR) is 197 cm³/mol.